The van der Waals surface area contributed by atoms with E-state index < -0.39 is 12.0 Å². The van der Waals surface area contributed by atoms with Gasteiger partial charge in [-0.1, -0.05) is 0 Å². The molecule has 1 aromatic carbocycles. The predicted molar refractivity (Wildman–Crippen MR) is 102 cm³/mol. The van der Waals surface area contributed by atoms with Crippen LogP contribution in [-0.2, 0) is 14.3 Å². The van der Waals surface area contributed by atoms with Crippen molar-refractivity contribution in [1.82, 2.24) is 15.1 Å². The maximum absolute atomic E-state index is 13.0. The molecular weight excluding hydrogens is 362 g/mol. The summed E-state index contributed by atoms with van der Waals surface area (Å²) in [7, 11) is 2.86. The zero-order valence-corrected chi connectivity index (χ0v) is 16.3. The van der Waals surface area contributed by atoms with Gasteiger partial charge in [0.15, 0.2) is 0 Å². The summed E-state index contributed by atoms with van der Waals surface area (Å²) in [6.07, 6.45) is 1.60. The van der Waals surface area contributed by atoms with Crippen molar-refractivity contribution >= 4 is 17.8 Å². The van der Waals surface area contributed by atoms with Crippen molar-refractivity contribution in [2.24, 2.45) is 5.92 Å². The van der Waals surface area contributed by atoms with E-state index in [0.29, 0.717) is 24.4 Å². The summed E-state index contributed by atoms with van der Waals surface area (Å²) < 4.78 is 10.0. The minimum absolute atomic E-state index is 0.0246. The highest BCUT2D eigenvalue weighted by molar-refractivity contribution is 5.97. The summed E-state index contributed by atoms with van der Waals surface area (Å²) in [5, 5.41) is 3.25. The maximum atomic E-state index is 13.0. The van der Waals surface area contributed by atoms with Crippen LogP contribution in [-0.4, -0.2) is 80.6 Å². The Morgan fingerprint density at radius 1 is 1.04 bits per heavy atom. The van der Waals surface area contributed by atoms with Gasteiger partial charge in [0.25, 0.3) is 5.91 Å². The second kappa shape index (κ2) is 9.05. The van der Waals surface area contributed by atoms with Crippen LogP contribution in [0.5, 0.6) is 5.75 Å². The normalized spacial score (nSPS) is 20.6. The maximum Gasteiger partial charge on any atom is 0.330 e. The van der Waals surface area contributed by atoms with Crippen LogP contribution in [0, 0.1) is 5.92 Å². The monoisotopic (exact) mass is 389 g/mol. The van der Waals surface area contributed by atoms with Gasteiger partial charge in [0.2, 0.25) is 5.91 Å². The quantitative estimate of drug-likeness (QED) is 0.756. The second-order valence-electron chi connectivity index (χ2n) is 7.07. The third-order valence-electron chi connectivity index (χ3n) is 5.45. The molecule has 2 aliphatic heterocycles. The Balaban J connectivity index is 1.74. The Labute approximate surface area is 164 Å². The highest BCUT2D eigenvalue weighted by atomic mass is 16.5. The van der Waals surface area contributed by atoms with Crippen LogP contribution in [0.15, 0.2) is 24.3 Å². The van der Waals surface area contributed by atoms with Crippen molar-refractivity contribution in [3.05, 3.63) is 29.8 Å². The fraction of sp³-hybridized carbons (Fsp3) is 0.550. The molecule has 2 heterocycles. The van der Waals surface area contributed by atoms with Crippen LogP contribution in [0.2, 0.25) is 0 Å². The van der Waals surface area contributed by atoms with Gasteiger partial charge in [-0.3, -0.25) is 9.59 Å². The van der Waals surface area contributed by atoms with E-state index in [1.165, 1.54) is 12.0 Å². The first kappa shape index (κ1) is 20.1. The Hall–Kier alpha value is -2.61. The van der Waals surface area contributed by atoms with E-state index in [-0.39, 0.29) is 24.3 Å². The van der Waals surface area contributed by atoms with Gasteiger partial charge in [0.1, 0.15) is 11.8 Å². The molecule has 152 valence electrons. The van der Waals surface area contributed by atoms with Crippen LogP contribution in [0.3, 0.4) is 0 Å². The minimum atomic E-state index is -0.806. The number of piperazine rings is 1. The lowest BCUT2D eigenvalue weighted by atomic mass is 9.95. The third-order valence-corrected chi connectivity index (χ3v) is 5.45. The molecule has 1 N–H and O–H groups in total. The number of hydrogen-bond donors (Lipinski definition) is 1. The lowest BCUT2D eigenvalue weighted by Gasteiger charge is -2.41. The Morgan fingerprint density at radius 3 is 2.32 bits per heavy atom. The van der Waals surface area contributed by atoms with E-state index in [1.807, 2.05) is 0 Å². The lowest BCUT2D eigenvalue weighted by molar-refractivity contribution is -0.151. The number of piperidine rings is 1. The summed E-state index contributed by atoms with van der Waals surface area (Å²) in [6, 6.07) is 5.94. The molecule has 8 nitrogen and oxygen atoms in total. The standard InChI is InChI=1S/C20H27N3O5/c1-27-16-5-3-14(4-6-16)19(25)23-12-11-22(13-17(23)20(26)28-2)18(24)15-7-9-21-10-8-15/h3-6,15,17,21H,7-13H2,1-2H3. The molecule has 8 heteroatoms. The van der Waals surface area contributed by atoms with Crippen LogP contribution >= 0.6 is 0 Å². The number of esters is 1. The number of carbonyl (C=O) groups excluding carboxylic acids is 3. The Kier molecular flexibility index (Phi) is 6.51. The van der Waals surface area contributed by atoms with Crippen molar-refractivity contribution in [2.45, 2.75) is 18.9 Å². The number of benzene rings is 1. The summed E-state index contributed by atoms with van der Waals surface area (Å²) >= 11 is 0. The molecule has 3 rings (SSSR count). The molecule has 1 aromatic rings. The lowest BCUT2D eigenvalue weighted by Crippen LogP contribution is -2.60. The van der Waals surface area contributed by atoms with Crippen molar-refractivity contribution in [2.75, 3.05) is 46.9 Å². The van der Waals surface area contributed by atoms with Crippen molar-refractivity contribution in [1.29, 1.82) is 0 Å². The molecule has 2 fully saturated rings. The number of ether oxygens (including phenoxy) is 2. The van der Waals surface area contributed by atoms with Gasteiger partial charge in [-0.25, -0.2) is 4.79 Å². The minimum Gasteiger partial charge on any atom is -0.497 e. The summed E-state index contributed by atoms with van der Waals surface area (Å²) in [5.74, 6) is -0.0783. The molecule has 28 heavy (non-hydrogen) atoms. The van der Waals surface area contributed by atoms with Gasteiger partial charge in [0.05, 0.1) is 20.8 Å². The fourth-order valence-corrected chi connectivity index (χ4v) is 3.79. The highest BCUT2D eigenvalue weighted by Gasteiger charge is 2.39. The van der Waals surface area contributed by atoms with Crippen LogP contribution < -0.4 is 10.1 Å². The fourth-order valence-electron chi connectivity index (χ4n) is 3.79. The van der Waals surface area contributed by atoms with Gasteiger partial charge in [-0.05, 0) is 50.2 Å². The van der Waals surface area contributed by atoms with Gasteiger partial charge in [-0.2, -0.15) is 0 Å². The number of hydrogen-bond acceptors (Lipinski definition) is 6. The molecule has 2 aliphatic rings. The van der Waals surface area contributed by atoms with E-state index >= 15 is 0 Å². The number of nitrogens with one attached hydrogen (secondary N) is 1. The van der Waals surface area contributed by atoms with Gasteiger partial charge in [0, 0.05) is 24.6 Å². The predicted octanol–water partition coefficient (Wildman–Crippen LogP) is 0.521. The van der Waals surface area contributed by atoms with Crippen molar-refractivity contribution in [3.63, 3.8) is 0 Å². The Morgan fingerprint density at radius 2 is 1.71 bits per heavy atom. The third kappa shape index (κ3) is 4.27. The topological polar surface area (TPSA) is 88.2 Å². The average Bonchev–Trinajstić information content (AvgIpc) is 2.77. The Bertz CT molecular complexity index is 715. The smallest absolute Gasteiger partial charge is 0.330 e. The van der Waals surface area contributed by atoms with Crippen LogP contribution in [0.1, 0.15) is 23.2 Å². The van der Waals surface area contributed by atoms with E-state index in [4.69, 9.17) is 9.47 Å². The van der Waals surface area contributed by atoms with Crippen LogP contribution in [0.25, 0.3) is 0 Å². The zero-order chi connectivity index (χ0) is 20.1. The molecule has 0 radical (unpaired) electrons. The summed E-state index contributed by atoms with van der Waals surface area (Å²) in [4.78, 5) is 41.4. The molecule has 2 saturated heterocycles. The molecule has 0 spiro atoms. The number of methoxy groups -OCH3 is 2. The number of carbonyl (C=O) groups is 3. The van der Waals surface area contributed by atoms with Crippen molar-refractivity contribution < 1.29 is 23.9 Å². The SMILES string of the molecule is COC(=O)C1CN(C(=O)C2CCNCC2)CCN1C(=O)c1ccc(OC)cc1. The average molecular weight is 389 g/mol. The largest absolute Gasteiger partial charge is 0.497 e. The number of rotatable bonds is 4. The molecule has 0 aliphatic carbocycles. The summed E-state index contributed by atoms with van der Waals surface area (Å²) in [5.41, 5.74) is 0.466. The van der Waals surface area contributed by atoms with E-state index in [0.717, 1.165) is 25.9 Å². The van der Waals surface area contributed by atoms with E-state index in [1.54, 1.807) is 36.3 Å². The molecule has 0 bridgehead atoms. The highest BCUT2D eigenvalue weighted by Crippen LogP contribution is 2.21. The van der Waals surface area contributed by atoms with E-state index in [9.17, 15) is 14.4 Å². The first-order valence-electron chi connectivity index (χ1n) is 9.57. The first-order chi connectivity index (χ1) is 13.5. The number of amides is 2. The van der Waals surface area contributed by atoms with Crippen molar-refractivity contribution in [3.8, 4) is 5.75 Å². The molecule has 0 aromatic heterocycles. The first-order valence-corrected chi connectivity index (χ1v) is 9.57. The zero-order valence-electron chi connectivity index (χ0n) is 16.3. The van der Waals surface area contributed by atoms with Gasteiger partial charge in [-0.15, -0.1) is 0 Å². The summed E-state index contributed by atoms with van der Waals surface area (Å²) in [6.45, 7) is 2.52. The molecule has 0 saturated carbocycles. The molecule has 1 atom stereocenters. The van der Waals surface area contributed by atoms with E-state index in [2.05, 4.69) is 5.32 Å². The molecular formula is C20H27N3O5. The van der Waals surface area contributed by atoms with Gasteiger partial charge < -0.3 is 24.6 Å². The van der Waals surface area contributed by atoms with Crippen LogP contribution in [0.4, 0.5) is 0 Å². The molecule has 1 unspecified atom stereocenters. The second-order valence-corrected chi connectivity index (χ2v) is 7.07. The number of nitrogens with zero attached hydrogens (tertiary/aromatic N) is 2. The van der Waals surface area contributed by atoms with Gasteiger partial charge >= 0.3 is 5.97 Å². The molecule has 2 amide bonds.